The molecule has 0 aliphatic carbocycles. The van der Waals surface area contributed by atoms with Crippen molar-refractivity contribution in [3.8, 4) is 5.75 Å². The molecule has 0 saturated heterocycles. The third-order valence-electron chi connectivity index (χ3n) is 2.70. The molecule has 102 valence electrons. The molecule has 3 N–H and O–H groups in total. The van der Waals surface area contributed by atoms with E-state index in [0.29, 0.717) is 0 Å². The Morgan fingerprint density at radius 2 is 1.95 bits per heavy atom. The van der Waals surface area contributed by atoms with Gasteiger partial charge >= 0.3 is 5.97 Å². The standard InChI is InChI=1S/C14H12N2O4/c1-8-2-3-12(17)10(6-8)13(18)16-11-7-15-5-4-9(11)14(19)20/h2-7,17H,1H3,(H,16,18)(H,19,20). The second kappa shape index (κ2) is 5.40. The van der Waals surface area contributed by atoms with Crippen LogP contribution in [-0.4, -0.2) is 27.1 Å². The van der Waals surface area contributed by atoms with Crippen molar-refractivity contribution in [2.45, 2.75) is 6.92 Å². The number of phenols is 1. The molecule has 0 atom stereocenters. The maximum absolute atomic E-state index is 12.1. The number of carbonyl (C=O) groups excluding carboxylic acids is 1. The van der Waals surface area contributed by atoms with E-state index in [0.717, 1.165) is 5.56 Å². The summed E-state index contributed by atoms with van der Waals surface area (Å²) in [6, 6.07) is 5.87. The van der Waals surface area contributed by atoms with Gasteiger partial charge in [0, 0.05) is 6.20 Å². The number of carboxylic acids is 1. The molecule has 1 aromatic heterocycles. The predicted molar refractivity (Wildman–Crippen MR) is 72.0 cm³/mol. The van der Waals surface area contributed by atoms with E-state index in [1.807, 2.05) is 0 Å². The van der Waals surface area contributed by atoms with Crippen molar-refractivity contribution in [3.63, 3.8) is 0 Å². The first-order valence-corrected chi connectivity index (χ1v) is 5.77. The van der Waals surface area contributed by atoms with Crippen molar-refractivity contribution < 1.29 is 19.8 Å². The normalized spacial score (nSPS) is 10.1. The van der Waals surface area contributed by atoms with Gasteiger partial charge in [0.25, 0.3) is 5.91 Å². The summed E-state index contributed by atoms with van der Waals surface area (Å²) in [6.45, 7) is 1.78. The number of hydrogen-bond acceptors (Lipinski definition) is 4. The lowest BCUT2D eigenvalue weighted by molar-refractivity contribution is 0.0698. The molecule has 0 saturated carbocycles. The van der Waals surface area contributed by atoms with Crippen molar-refractivity contribution in [2.75, 3.05) is 5.32 Å². The smallest absolute Gasteiger partial charge is 0.337 e. The minimum absolute atomic E-state index is 0.0690. The fraction of sp³-hybridized carbons (Fsp3) is 0.0714. The van der Waals surface area contributed by atoms with Gasteiger partial charge < -0.3 is 15.5 Å². The van der Waals surface area contributed by atoms with Gasteiger partial charge in [-0.2, -0.15) is 0 Å². The Kier molecular flexibility index (Phi) is 3.65. The molecule has 1 amide bonds. The van der Waals surface area contributed by atoms with E-state index in [2.05, 4.69) is 10.3 Å². The van der Waals surface area contributed by atoms with Crippen molar-refractivity contribution in [1.82, 2.24) is 4.98 Å². The van der Waals surface area contributed by atoms with Gasteiger partial charge in [-0.25, -0.2) is 4.79 Å². The number of amides is 1. The molecule has 0 spiro atoms. The summed E-state index contributed by atoms with van der Waals surface area (Å²) in [5.41, 5.74) is 0.884. The number of phenolic OH excluding ortho intramolecular Hbond substituents is 1. The third-order valence-corrected chi connectivity index (χ3v) is 2.70. The highest BCUT2D eigenvalue weighted by atomic mass is 16.4. The summed E-state index contributed by atoms with van der Waals surface area (Å²) in [6.07, 6.45) is 2.57. The Labute approximate surface area is 114 Å². The van der Waals surface area contributed by atoms with Crippen LogP contribution in [0.2, 0.25) is 0 Å². The summed E-state index contributed by atoms with van der Waals surface area (Å²) >= 11 is 0. The number of benzene rings is 1. The van der Waals surface area contributed by atoms with Crippen LogP contribution in [0.25, 0.3) is 0 Å². The third kappa shape index (κ3) is 2.74. The lowest BCUT2D eigenvalue weighted by Crippen LogP contribution is -2.15. The van der Waals surface area contributed by atoms with Crippen LogP contribution in [0.5, 0.6) is 5.75 Å². The number of aromatic nitrogens is 1. The molecular formula is C14H12N2O4. The average Bonchev–Trinajstić information content (AvgIpc) is 2.41. The molecule has 1 aromatic carbocycles. The van der Waals surface area contributed by atoms with Gasteiger partial charge in [0.05, 0.1) is 23.0 Å². The lowest BCUT2D eigenvalue weighted by Gasteiger charge is -2.09. The summed E-state index contributed by atoms with van der Waals surface area (Å²) in [7, 11) is 0. The SMILES string of the molecule is Cc1ccc(O)c(C(=O)Nc2cnccc2C(=O)O)c1. The van der Waals surface area contributed by atoms with Gasteiger partial charge in [-0.05, 0) is 25.1 Å². The van der Waals surface area contributed by atoms with Crippen LogP contribution in [0, 0.1) is 6.92 Å². The number of carbonyl (C=O) groups is 2. The number of nitrogens with zero attached hydrogens (tertiary/aromatic N) is 1. The van der Waals surface area contributed by atoms with Crippen LogP contribution in [0.4, 0.5) is 5.69 Å². The van der Waals surface area contributed by atoms with Gasteiger partial charge in [-0.1, -0.05) is 11.6 Å². The van der Waals surface area contributed by atoms with E-state index in [4.69, 9.17) is 5.11 Å². The quantitative estimate of drug-likeness (QED) is 0.794. The average molecular weight is 272 g/mol. The minimum atomic E-state index is -1.17. The number of pyridine rings is 1. The van der Waals surface area contributed by atoms with Gasteiger partial charge in [0.1, 0.15) is 5.75 Å². The van der Waals surface area contributed by atoms with Gasteiger partial charge in [0.15, 0.2) is 0 Å². The number of rotatable bonds is 3. The van der Waals surface area contributed by atoms with Crippen LogP contribution in [0.3, 0.4) is 0 Å². The second-order valence-electron chi connectivity index (χ2n) is 4.20. The van der Waals surface area contributed by atoms with Crippen molar-refractivity contribution >= 4 is 17.6 Å². The molecule has 0 radical (unpaired) electrons. The number of aromatic carboxylic acids is 1. The minimum Gasteiger partial charge on any atom is -0.507 e. The van der Waals surface area contributed by atoms with Crippen molar-refractivity contribution in [3.05, 3.63) is 53.3 Å². The zero-order valence-electron chi connectivity index (χ0n) is 10.6. The van der Waals surface area contributed by atoms with Crippen LogP contribution in [-0.2, 0) is 0 Å². The molecule has 0 fully saturated rings. The Hall–Kier alpha value is -2.89. The highest BCUT2D eigenvalue weighted by molar-refractivity contribution is 6.09. The largest absolute Gasteiger partial charge is 0.507 e. The number of aryl methyl sites for hydroxylation is 1. The van der Waals surface area contributed by atoms with Crippen molar-refractivity contribution in [1.29, 1.82) is 0 Å². The first-order chi connectivity index (χ1) is 9.49. The molecule has 6 nitrogen and oxygen atoms in total. The summed E-state index contributed by atoms with van der Waals surface area (Å²) in [4.78, 5) is 26.9. The molecule has 2 rings (SSSR count). The Morgan fingerprint density at radius 3 is 2.65 bits per heavy atom. The number of aromatic hydroxyl groups is 1. The van der Waals surface area contributed by atoms with Crippen LogP contribution in [0.1, 0.15) is 26.3 Å². The summed E-state index contributed by atoms with van der Waals surface area (Å²) < 4.78 is 0. The molecular weight excluding hydrogens is 260 g/mol. The lowest BCUT2D eigenvalue weighted by atomic mass is 10.1. The first kappa shape index (κ1) is 13.5. The van der Waals surface area contributed by atoms with Gasteiger partial charge in [-0.3, -0.25) is 9.78 Å². The molecule has 1 heterocycles. The number of nitrogens with one attached hydrogen (secondary N) is 1. The fourth-order valence-corrected chi connectivity index (χ4v) is 1.70. The monoisotopic (exact) mass is 272 g/mol. The molecule has 0 aliphatic rings. The summed E-state index contributed by atoms with van der Waals surface area (Å²) in [5, 5.41) is 21.1. The van der Waals surface area contributed by atoms with E-state index >= 15 is 0 Å². The van der Waals surface area contributed by atoms with E-state index in [1.54, 1.807) is 13.0 Å². The predicted octanol–water partition coefficient (Wildman–Crippen LogP) is 2.05. The van der Waals surface area contributed by atoms with Gasteiger partial charge in [0.2, 0.25) is 0 Å². The first-order valence-electron chi connectivity index (χ1n) is 5.77. The van der Waals surface area contributed by atoms with Gasteiger partial charge in [-0.15, -0.1) is 0 Å². The molecule has 0 bridgehead atoms. The molecule has 0 aliphatic heterocycles. The highest BCUT2D eigenvalue weighted by Crippen LogP contribution is 2.21. The number of anilines is 1. The number of carboxylic acid groups (broad SMARTS) is 1. The van der Waals surface area contributed by atoms with Crippen LogP contribution in [0.15, 0.2) is 36.7 Å². The van der Waals surface area contributed by atoms with Crippen LogP contribution >= 0.6 is 0 Å². The van der Waals surface area contributed by atoms with E-state index in [9.17, 15) is 14.7 Å². The van der Waals surface area contributed by atoms with E-state index in [1.165, 1.54) is 30.6 Å². The Balaban J connectivity index is 2.33. The maximum atomic E-state index is 12.1. The van der Waals surface area contributed by atoms with E-state index in [-0.39, 0.29) is 22.6 Å². The zero-order chi connectivity index (χ0) is 14.7. The molecule has 20 heavy (non-hydrogen) atoms. The highest BCUT2D eigenvalue weighted by Gasteiger charge is 2.16. The molecule has 6 heteroatoms. The Bertz CT molecular complexity index is 683. The molecule has 2 aromatic rings. The van der Waals surface area contributed by atoms with E-state index < -0.39 is 11.9 Å². The second-order valence-corrected chi connectivity index (χ2v) is 4.20. The van der Waals surface area contributed by atoms with Crippen LogP contribution < -0.4 is 5.32 Å². The maximum Gasteiger partial charge on any atom is 0.337 e. The Morgan fingerprint density at radius 1 is 1.20 bits per heavy atom. The topological polar surface area (TPSA) is 99.5 Å². The zero-order valence-corrected chi connectivity index (χ0v) is 10.6. The molecule has 0 unspecified atom stereocenters. The number of hydrogen-bond donors (Lipinski definition) is 3. The summed E-state index contributed by atoms with van der Waals surface area (Å²) in [5.74, 6) is -1.94. The van der Waals surface area contributed by atoms with Crippen molar-refractivity contribution in [2.24, 2.45) is 0 Å². The fourth-order valence-electron chi connectivity index (χ4n) is 1.70.